The third-order valence-electron chi connectivity index (χ3n) is 4.50. The number of aromatic nitrogens is 4. The molecule has 0 bridgehead atoms. The fourth-order valence-electron chi connectivity index (χ4n) is 3.11. The lowest BCUT2D eigenvalue weighted by atomic mass is 10.00. The van der Waals surface area contributed by atoms with Crippen LogP contribution in [0.3, 0.4) is 0 Å². The van der Waals surface area contributed by atoms with Gasteiger partial charge in [-0.05, 0) is 25.7 Å². The van der Waals surface area contributed by atoms with E-state index in [1.165, 1.54) is 4.57 Å². The number of aromatic amines is 1. The van der Waals surface area contributed by atoms with Gasteiger partial charge in [-0.1, -0.05) is 6.92 Å². The Hall–Kier alpha value is -2.09. The van der Waals surface area contributed by atoms with Gasteiger partial charge in [-0.3, -0.25) is 14.3 Å². The quantitative estimate of drug-likeness (QED) is 0.832. The topological polar surface area (TPSA) is 96.2 Å². The predicted molar refractivity (Wildman–Crippen MR) is 87.9 cm³/mol. The third-order valence-corrected chi connectivity index (χ3v) is 4.50. The van der Waals surface area contributed by atoms with Crippen molar-refractivity contribution in [2.45, 2.75) is 39.3 Å². The maximum absolute atomic E-state index is 12.3. The van der Waals surface area contributed by atoms with Crippen LogP contribution >= 0.6 is 0 Å². The van der Waals surface area contributed by atoms with Gasteiger partial charge in [0.15, 0.2) is 11.2 Å². The van der Waals surface area contributed by atoms with Gasteiger partial charge in [-0.25, -0.2) is 4.79 Å². The van der Waals surface area contributed by atoms with Gasteiger partial charge >= 0.3 is 5.69 Å². The number of hydrogen-bond donors (Lipinski definition) is 2. The summed E-state index contributed by atoms with van der Waals surface area (Å²) in [6.45, 7) is 5.88. The summed E-state index contributed by atoms with van der Waals surface area (Å²) in [5.41, 5.74) is -0.259. The van der Waals surface area contributed by atoms with Crippen molar-refractivity contribution in [1.29, 1.82) is 0 Å². The molecule has 0 saturated carbocycles. The van der Waals surface area contributed by atoms with Crippen LogP contribution in [0.15, 0.2) is 9.59 Å². The van der Waals surface area contributed by atoms with Crippen LogP contribution in [0.4, 0.5) is 5.95 Å². The average molecular weight is 321 g/mol. The van der Waals surface area contributed by atoms with E-state index < -0.39 is 17.4 Å². The van der Waals surface area contributed by atoms with Crippen LogP contribution in [0, 0.1) is 5.92 Å². The van der Waals surface area contributed by atoms with Crippen molar-refractivity contribution in [2.24, 2.45) is 13.0 Å². The van der Waals surface area contributed by atoms with E-state index in [4.69, 9.17) is 0 Å². The van der Waals surface area contributed by atoms with Crippen molar-refractivity contribution in [3.05, 3.63) is 20.8 Å². The molecule has 1 aliphatic rings. The summed E-state index contributed by atoms with van der Waals surface area (Å²) in [4.78, 5) is 33.1. The Morgan fingerprint density at radius 2 is 2.00 bits per heavy atom. The Labute approximate surface area is 133 Å². The minimum Gasteiger partial charge on any atom is -0.392 e. The van der Waals surface area contributed by atoms with Crippen LogP contribution in [0.2, 0.25) is 0 Å². The van der Waals surface area contributed by atoms with E-state index in [-0.39, 0.29) is 6.54 Å². The highest BCUT2D eigenvalue weighted by molar-refractivity contribution is 5.74. The monoisotopic (exact) mass is 321 g/mol. The standard InChI is InChI=1S/C15H23N5O3/c1-9-4-6-19(7-5-9)14-16-12-11(20(14)8-10(2)21)13(22)17-15(23)18(12)3/h9-10,21H,4-8H2,1-3H3,(H,17,22,23)/t10-/m0/s1. The van der Waals surface area contributed by atoms with Gasteiger partial charge in [0.25, 0.3) is 5.56 Å². The largest absolute Gasteiger partial charge is 0.392 e. The molecule has 0 amide bonds. The molecule has 23 heavy (non-hydrogen) atoms. The van der Waals surface area contributed by atoms with Crippen LogP contribution in [0.5, 0.6) is 0 Å². The van der Waals surface area contributed by atoms with Gasteiger partial charge in [-0.15, -0.1) is 0 Å². The van der Waals surface area contributed by atoms with Crippen LogP contribution < -0.4 is 16.1 Å². The molecule has 0 unspecified atom stereocenters. The lowest BCUT2D eigenvalue weighted by Gasteiger charge is -2.31. The van der Waals surface area contributed by atoms with Crippen molar-refractivity contribution in [2.75, 3.05) is 18.0 Å². The van der Waals surface area contributed by atoms with E-state index in [2.05, 4.69) is 21.8 Å². The Morgan fingerprint density at radius 3 is 2.61 bits per heavy atom. The molecule has 2 aromatic heterocycles. The molecule has 2 N–H and O–H groups in total. The molecule has 126 valence electrons. The van der Waals surface area contributed by atoms with Crippen molar-refractivity contribution in [3.63, 3.8) is 0 Å². The van der Waals surface area contributed by atoms with Crippen LogP contribution in [0.25, 0.3) is 11.2 Å². The maximum Gasteiger partial charge on any atom is 0.329 e. The molecule has 1 atom stereocenters. The minimum atomic E-state index is -0.619. The second kappa shape index (κ2) is 5.84. The Bertz CT molecular complexity index is 824. The van der Waals surface area contributed by atoms with E-state index in [0.29, 0.717) is 23.0 Å². The van der Waals surface area contributed by atoms with Gasteiger partial charge < -0.3 is 14.6 Å². The molecule has 1 saturated heterocycles. The summed E-state index contributed by atoms with van der Waals surface area (Å²) in [5.74, 6) is 1.33. The zero-order valence-electron chi connectivity index (χ0n) is 13.7. The first-order valence-electron chi connectivity index (χ1n) is 8.01. The van der Waals surface area contributed by atoms with Gasteiger partial charge in [-0.2, -0.15) is 4.98 Å². The number of aryl methyl sites for hydroxylation is 1. The van der Waals surface area contributed by atoms with Crippen molar-refractivity contribution >= 4 is 17.1 Å². The molecule has 0 spiro atoms. The number of rotatable bonds is 3. The normalized spacial score (nSPS) is 17.8. The summed E-state index contributed by atoms with van der Waals surface area (Å²) in [6, 6.07) is 0. The SMILES string of the molecule is CC1CCN(c2nc3c(c(=O)[nH]c(=O)n3C)n2C[C@H](C)O)CC1. The number of anilines is 1. The highest BCUT2D eigenvalue weighted by Gasteiger charge is 2.24. The summed E-state index contributed by atoms with van der Waals surface area (Å²) in [6.07, 6.45) is 1.51. The average Bonchev–Trinajstić information content (AvgIpc) is 2.85. The Kier molecular flexibility index (Phi) is 4.01. The molecule has 0 aromatic carbocycles. The van der Waals surface area contributed by atoms with Crippen molar-refractivity contribution < 1.29 is 5.11 Å². The van der Waals surface area contributed by atoms with Crippen molar-refractivity contribution in [3.8, 4) is 0 Å². The first-order valence-corrected chi connectivity index (χ1v) is 8.01. The Balaban J connectivity index is 2.20. The van der Waals surface area contributed by atoms with E-state index in [1.54, 1.807) is 18.5 Å². The molecule has 0 radical (unpaired) electrons. The first-order chi connectivity index (χ1) is 10.9. The molecular weight excluding hydrogens is 298 g/mol. The highest BCUT2D eigenvalue weighted by Crippen LogP contribution is 2.25. The molecule has 1 aliphatic heterocycles. The van der Waals surface area contributed by atoms with Gasteiger partial charge in [0.2, 0.25) is 5.95 Å². The van der Waals surface area contributed by atoms with E-state index in [1.807, 2.05) is 0 Å². The molecule has 2 aromatic rings. The molecule has 0 aliphatic carbocycles. The van der Waals surface area contributed by atoms with Crippen LogP contribution in [-0.4, -0.2) is 43.4 Å². The summed E-state index contributed by atoms with van der Waals surface area (Å²) in [7, 11) is 1.59. The smallest absolute Gasteiger partial charge is 0.329 e. The van der Waals surface area contributed by atoms with E-state index in [9.17, 15) is 14.7 Å². The molecule has 8 nitrogen and oxygen atoms in total. The number of imidazole rings is 1. The first kappa shape index (κ1) is 15.8. The Morgan fingerprint density at radius 1 is 1.35 bits per heavy atom. The summed E-state index contributed by atoms with van der Waals surface area (Å²) < 4.78 is 3.07. The highest BCUT2D eigenvalue weighted by atomic mass is 16.3. The fraction of sp³-hybridized carbons (Fsp3) is 0.667. The molecule has 1 fully saturated rings. The number of hydrogen-bond acceptors (Lipinski definition) is 5. The number of piperidine rings is 1. The number of fused-ring (bicyclic) bond motifs is 1. The number of H-pyrrole nitrogens is 1. The molecule has 3 rings (SSSR count). The van der Waals surface area contributed by atoms with Crippen molar-refractivity contribution in [1.82, 2.24) is 19.1 Å². The lowest BCUT2D eigenvalue weighted by Crippen LogP contribution is -2.35. The maximum atomic E-state index is 12.3. The third kappa shape index (κ3) is 2.78. The van der Waals surface area contributed by atoms with Crippen LogP contribution in [-0.2, 0) is 13.6 Å². The van der Waals surface area contributed by atoms with Gasteiger partial charge in [0.05, 0.1) is 12.6 Å². The van der Waals surface area contributed by atoms with Crippen LogP contribution in [0.1, 0.15) is 26.7 Å². The minimum absolute atomic E-state index is 0.263. The zero-order valence-corrected chi connectivity index (χ0v) is 13.7. The summed E-state index contributed by atoms with van der Waals surface area (Å²) >= 11 is 0. The van der Waals surface area contributed by atoms with Gasteiger partial charge in [0, 0.05) is 20.1 Å². The summed E-state index contributed by atoms with van der Waals surface area (Å²) in [5, 5.41) is 9.82. The van der Waals surface area contributed by atoms with E-state index in [0.717, 1.165) is 25.9 Å². The number of aliphatic hydroxyl groups excluding tert-OH is 1. The fourth-order valence-corrected chi connectivity index (χ4v) is 3.11. The zero-order chi connectivity index (χ0) is 16.7. The molecular formula is C15H23N5O3. The number of nitrogens with one attached hydrogen (secondary N) is 1. The number of aliphatic hydroxyl groups is 1. The van der Waals surface area contributed by atoms with E-state index >= 15 is 0 Å². The molecule has 3 heterocycles. The van der Waals surface area contributed by atoms with Gasteiger partial charge in [0.1, 0.15) is 0 Å². The second-order valence-corrected chi connectivity index (χ2v) is 6.53. The predicted octanol–water partition coefficient (Wildman–Crippen LogP) is 0.0404. The number of nitrogens with zero attached hydrogens (tertiary/aromatic N) is 4. The lowest BCUT2D eigenvalue weighted by molar-refractivity contribution is 0.175. The molecule has 8 heteroatoms. The second-order valence-electron chi connectivity index (χ2n) is 6.53.